The molecule has 15 nitrogen and oxygen atoms in total. The van der Waals surface area contributed by atoms with E-state index >= 15 is 0 Å². The number of rotatable bonds is 10. The molecule has 0 bridgehead atoms. The molecule has 2 amide bonds. The summed E-state index contributed by atoms with van der Waals surface area (Å²) < 4.78 is 77.9. The van der Waals surface area contributed by atoms with Crippen LogP contribution in [-0.4, -0.2) is 78.0 Å². The van der Waals surface area contributed by atoms with Gasteiger partial charge in [0.05, 0.1) is 50.8 Å². The van der Waals surface area contributed by atoms with E-state index in [0.29, 0.717) is 44.2 Å². The van der Waals surface area contributed by atoms with Crippen molar-refractivity contribution in [2.45, 2.75) is 51.7 Å². The lowest BCUT2D eigenvalue weighted by atomic mass is 9.84. The van der Waals surface area contributed by atoms with Gasteiger partial charge >= 0.3 is 5.97 Å². The monoisotopic (exact) mass is 952 g/mol. The van der Waals surface area contributed by atoms with Crippen molar-refractivity contribution >= 4 is 66.1 Å². The number of benzene rings is 5. The number of amides is 2. The number of carboxylic acid groups (broad SMARTS) is 1. The zero-order valence-electron chi connectivity index (χ0n) is 37.2. The van der Waals surface area contributed by atoms with E-state index < -0.39 is 54.7 Å². The molecule has 0 aromatic heterocycles. The highest BCUT2D eigenvalue weighted by Crippen LogP contribution is 2.45. The van der Waals surface area contributed by atoms with Gasteiger partial charge in [-0.25, -0.2) is 18.2 Å². The topological polar surface area (TPSA) is 234 Å². The molecular weight excluding hydrogens is 909 g/mol. The van der Waals surface area contributed by atoms with Gasteiger partial charge in [0.2, 0.25) is 11.3 Å². The largest absolute Gasteiger partial charge is 0.748 e. The van der Waals surface area contributed by atoms with Crippen molar-refractivity contribution in [2.24, 2.45) is 0 Å². The molecule has 9 rings (SSSR count). The maximum Gasteiger partial charge on any atom is 0.336 e. The Hall–Kier alpha value is -7.36. The highest BCUT2D eigenvalue weighted by molar-refractivity contribution is 7.86. The normalized spacial score (nSPS) is 16.0. The van der Waals surface area contributed by atoms with Crippen LogP contribution >= 0.6 is 0 Å². The van der Waals surface area contributed by atoms with Crippen molar-refractivity contribution < 1.29 is 55.2 Å². The third-order valence-corrected chi connectivity index (χ3v) is 13.3. The van der Waals surface area contributed by atoms with E-state index in [4.69, 9.17) is 4.74 Å². The van der Waals surface area contributed by atoms with Gasteiger partial charge in [-0.2, -0.15) is 8.42 Å². The first-order valence-electron chi connectivity index (χ1n) is 21.5. The van der Waals surface area contributed by atoms with E-state index in [-0.39, 0.29) is 70.3 Å². The summed E-state index contributed by atoms with van der Waals surface area (Å²) in [5.41, 5.74) is 3.43. The van der Waals surface area contributed by atoms with Crippen LogP contribution in [0.1, 0.15) is 93.8 Å². The average Bonchev–Trinajstić information content (AvgIpc) is 3.23. The van der Waals surface area contributed by atoms with Crippen LogP contribution in [0.4, 0.5) is 11.4 Å². The first-order valence-corrected chi connectivity index (χ1v) is 24.7. The summed E-state index contributed by atoms with van der Waals surface area (Å²) >= 11 is 0. The first-order chi connectivity index (χ1) is 32.0. The van der Waals surface area contributed by atoms with Crippen LogP contribution in [0, 0.1) is 11.8 Å². The lowest BCUT2D eigenvalue weighted by molar-refractivity contribution is -0.568. The molecule has 5 N–H and O–H groups in total. The van der Waals surface area contributed by atoms with Gasteiger partial charge in [0.15, 0.2) is 5.54 Å². The van der Waals surface area contributed by atoms with Gasteiger partial charge in [0.25, 0.3) is 16.0 Å². The molecule has 0 aliphatic carbocycles. The molecule has 17 heteroatoms. The molecule has 0 fully saturated rings. The van der Waals surface area contributed by atoms with Gasteiger partial charge in [0.1, 0.15) is 17.3 Å². The molecular formula is C51H44N4O11S2. The van der Waals surface area contributed by atoms with Crippen LogP contribution in [0.25, 0.3) is 16.7 Å². The van der Waals surface area contributed by atoms with Crippen molar-refractivity contribution in [3.8, 4) is 23.3 Å². The third kappa shape index (κ3) is 9.31. The van der Waals surface area contributed by atoms with Crippen LogP contribution < -0.4 is 35.8 Å². The second-order valence-corrected chi connectivity index (χ2v) is 21.1. The van der Waals surface area contributed by atoms with Gasteiger partial charge in [-0.15, -0.1) is 0 Å². The van der Waals surface area contributed by atoms with Crippen molar-refractivity contribution in [1.82, 2.24) is 5.32 Å². The smallest absolute Gasteiger partial charge is 0.336 e. The molecule has 0 saturated carbocycles. The fourth-order valence-electron chi connectivity index (χ4n) is 9.24. The van der Waals surface area contributed by atoms with Crippen LogP contribution in [0.2, 0.25) is 0 Å². The third-order valence-electron chi connectivity index (χ3n) is 11.9. The Bertz CT molecular complexity index is 3560. The number of nitrogens with zero attached hydrogens (tertiary/aromatic N) is 1. The number of nitrogens with one attached hydrogen (secondary N) is 3. The van der Waals surface area contributed by atoms with Crippen molar-refractivity contribution in [3.63, 3.8) is 0 Å². The van der Waals surface area contributed by atoms with Crippen LogP contribution in [0.3, 0.4) is 0 Å². The molecule has 0 atom stereocenters. The second kappa shape index (κ2) is 16.8. The Kier molecular flexibility index (Phi) is 11.3. The molecule has 4 aliphatic heterocycles. The highest BCUT2D eigenvalue weighted by atomic mass is 32.2. The minimum absolute atomic E-state index is 0.0227. The number of carboxylic acids is 1. The minimum atomic E-state index is -4.78. The van der Waals surface area contributed by atoms with Crippen molar-refractivity contribution in [3.05, 3.63) is 164 Å². The van der Waals surface area contributed by atoms with Gasteiger partial charge in [-0.3, -0.25) is 14.1 Å². The predicted molar refractivity (Wildman–Crippen MR) is 253 cm³/mol. The number of hydrogen-bond acceptors (Lipinski definition) is 10. The molecule has 4 aliphatic rings. The van der Waals surface area contributed by atoms with E-state index in [1.807, 2.05) is 62.4 Å². The zero-order valence-corrected chi connectivity index (χ0v) is 38.8. The maximum absolute atomic E-state index is 13.9. The van der Waals surface area contributed by atoms with E-state index in [9.17, 15) is 45.4 Å². The van der Waals surface area contributed by atoms with Crippen LogP contribution in [-0.2, 0) is 31.6 Å². The fourth-order valence-corrected chi connectivity index (χ4v) is 10.5. The SMILES string of the molecule is CC1(C)C=C(CS(=O)(=O)[O-])c2cc3c(cc2N1)Oc1cc2c(cc1=C3c1ccc(C(=O)NCCC(=O)N3Cc4ccccc4C#Cc4ccccc43)cc1C(=O)O)C(CS(=O)(=O)O)=CC(C)(C)[NH+]=2. The number of ether oxygens (including phenoxy) is 1. The molecule has 0 saturated heterocycles. The van der Waals surface area contributed by atoms with Crippen molar-refractivity contribution in [1.29, 1.82) is 0 Å². The molecule has 68 heavy (non-hydrogen) atoms. The fraction of sp³-hybridized carbons (Fsp3) is 0.216. The van der Waals surface area contributed by atoms with Gasteiger partial charge in [0, 0.05) is 77.2 Å². The number of hydrogen-bond donors (Lipinski definition) is 5. The van der Waals surface area contributed by atoms with Gasteiger partial charge in [-0.05, 0) is 84.7 Å². The quantitative estimate of drug-likeness (QED) is 0.0978. The van der Waals surface area contributed by atoms with E-state index in [1.54, 1.807) is 55.2 Å². The molecule has 0 unspecified atom stereocenters. The molecule has 4 heterocycles. The number of fused-ring (bicyclic) bond motifs is 6. The number of anilines is 2. The van der Waals surface area contributed by atoms with Crippen LogP contribution in [0.5, 0.6) is 11.5 Å². The molecule has 5 aromatic rings. The summed E-state index contributed by atoms with van der Waals surface area (Å²) in [6, 6.07) is 25.5. The summed E-state index contributed by atoms with van der Waals surface area (Å²) in [5.74, 6) is 2.96. The Balaban J connectivity index is 1.12. The number of para-hydroxylation sites is 1. The lowest BCUT2D eigenvalue weighted by Gasteiger charge is -2.34. The summed E-state index contributed by atoms with van der Waals surface area (Å²) in [6.45, 7) is 7.42. The Morgan fingerprint density at radius 2 is 1.53 bits per heavy atom. The number of carbonyl (C=O) groups is 3. The highest BCUT2D eigenvalue weighted by Gasteiger charge is 2.34. The molecule has 0 radical (unpaired) electrons. The number of aromatic carboxylic acids is 1. The summed E-state index contributed by atoms with van der Waals surface area (Å²) in [4.78, 5) is 46.0. The van der Waals surface area contributed by atoms with Crippen LogP contribution in [0.15, 0.2) is 103 Å². The first kappa shape index (κ1) is 45.8. The Labute approximate surface area is 392 Å². The van der Waals surface area contributed by atoms with Gasteiger partial charge < -0.3 is 29.9 Å². The Morgan fingerprint density at radius 1 is 0.824 bits per heavy atom. The standard InChI is InChI=1S/C51H44N4O11S2/c1-50(2)24-33(27-67(60,61)62)36-20-39-44(22-41(36)53-50)66-45-23-42-37(34(28-68(63,64)65)25-51(3,4)54-42)21-40(45)47(39)35-16-15-31(19-38(35)49(58)59)48(57)52-18-17-46(56)55-26-32-11-6-5-9-29(32)13-14-30-10-7-8-12-43(30)55/h5-12,15-16,19-25,53H,17-18,26-28H2,1-4H3,(H,52,57)(H,58,59)(H,60,61,62)(H,63,64,65). The van der Waals surface area contributed by atoms with E-state index in [0.717, 1.165) is 11.1 Å². The summed E-state index contributed by atoms with van der Waals surface area (Å²) in [7, 11) is -9.31. The van der Waals surface area contributed by atoms with Gasteiger partial charge in [-0.1, -0.05) is 54.3 Å². The lowest BCUT2D eigenvalue weighted by Crippen LogP contribution is -2.89. The van der Waals surface area contributed by atoms with Crippen molar-refractivity contribution in [2.75, 3.05) is 28.3 Å². The number of carbonyl (C=O) groups excluding carboxylic acids is 2. The predicted octanol–water partition coefficient (Wildman–Crippen LogP) is 3.70. The second-order valence-electron chi connectivity index (χ2n) is 18.2. The Morgan fingerprint density at radius 3 is 2.26 bits per heavy atom. The van der Waals surface area contributed by atoms with E-state index in [1.165, 1.54) is 18.2 Å². The van der Waals surface area contributed by atoms with E-state index in [2.05, 4.69) is 27.5 Å². The average molecular weight is 953 g/mol. The summed E-state index contributed by atoms with van der Waals surface area (Å²) in [5, 5.41) is 17.7. The summed E-state index contributed by atoms with van der Waals surface area (Å²) in [6.07, 6.45) is 3.22. The molecule has 0 spiro atoms. The minimum Gasteiger partial charge on any atom is -0.748 e. The molecule has 346 valence electrons. The maximum atomic E-state index is 13.9. The zero-order chi connectivity index (χ0) is 48.5. The molecule has 5 aromatic carbocycles.